The lowest BCUT2D eigenvalue weighted by Crippen LogP contribution is -2.38. The van der Waals surface area contributed by atoms with E-state index < -0.39 is 11.6 Å². The summed E-state index contributed by atoms with van der Waals surface area (Å²) in [5.74, 6) is -0.0939. The van der Waals surface area contributed by atoms with Gasteiger partial charge in [-0.2, -0.15) is 0 Å². The molecule has 0 spiro atoms. The fourth-order valence-electron chi connectivity index (χ4n) is 4.31. The Balaban J connectivity index is 1.54. The standard InChI is InChI=1S/C26H29F2N5O/c1-17(2)23-18(3)29-24(19-8-5-4-6-9-19)31-25(23)32-12-7-13-33(15-14-32)26(34)30-20-10-11-21(27)22(28)16-20/h4-6,8-11,16-17H,7,12-15H2,1-3H3,(H,30,34). The summed E-state index contributed by atoms with van der Waals surface area (Å²) >= 11 is 0. The number of halogens is 2. The van der Waals surface area contributed by atoms with Crippen molar-refractivity contribution in [2.45, 2.75) is 33.1 Å². The van der Waals surface area contributed by atoms with Crippen LogP contribution in [-0.4, -0.2) is 47.1 Å². The van der Waals surface area contributed by atoms with Crippen LogP contribution in [-0.2, 0) is 0 Å². The van der Waals surface area contributed by atoms with Crippen LogP contribution < -0.4 is 10.2 Å². The van der Waals surface area contributed by atoms with Gasteiger partial charge in [-0.25, -0.2) is 23.5 Å². The average Bonchev–Trinajstić information content (AvgIpc) is 3.08. The summed E-state index contributed by atoms with van der Waals surface area (Å²) in [6.45, 7) is 8.68. The fourth-order valence-corrected chi connectivity index (χ4v) is 4.31. The highest BCUT2D eigenvalue weighted by atomic mass is 19.2. The molecule has 1 aliphatic heterocycles. The van der Waals surface area contributed by atoms with E-state index in [4.69, 9.17) is 9.97 Å². The molecule has 0 bridgehead atoms. The summed E-state index contributed by atoms with van der Waals surface area (Å²) in [6, 6.07) is 12.9. The topological polar surface area (TPSA) is 61.4 Å². The van der Waals surface area contributed by atoms with E-state index in [9.17, 15) is 13.6 Å². The van der Waals surface area contributed by atoms with Gasteiger partial charge in [0.1, 0.15) is 5.82 Å². The second-order valence-electron chi connectivity index (χ2n) is 8.78. The molecule has 1 aliphatic rings. The number of carbonyl (C=O) groups excluding carboxylic acids is 1. The predicted octanol–water partition coefficient (Wildman–Crippen LogP) is 5.60. The second-order valence-corrected chi connectivity index (χ2v) is 8.78. The Morgan fingerprint density at radius 3 is 2.44 bits per heavy atom. The van der Waals surface area contributed by atoms with Crippen LogP contribution in [0, 0.1) is 18.6 Å². The van der Waals surface area contributed by atoms with E-state index in [1.165, 1.54) is 6.07 Å². The normalized spacial score (nSPS) is 14.3. The van der Waals surface area contributed by atoms with Gasteiger partial charge >= 0.3 is 6.03 Å². The molecule has 1 saturated heterocycles. The van der Waals surface area contributed by atoms with Crippen molar-refractivity contribution < 1.29 is 13.6 Å². The number of nitrogens with zero attached hydrogens (tertiary/aromatic N) is 4. The molecule has 8 heteroatoms. The molecule has 0 atom stereocenters. The molecule has 2 heterocycles. The van der Waals surface area contributed by atoms with Gasteiger partial charge in [-0.15, -0.1) is 0 Å². The first-order valence-electron chi connectivity index (χ1n) is 11.5. The molecule has 6 nitrogen and oxygen atoms in total. The van der Waals surface area contributed by atoms with Gasteiger partial charge in [-0.1, -0.05) is 44.2 Å². The lowest BCUT2D eigenvalue weighted by molar-refractivity contribution is 0.215. The van der Waals surface area contributed by atoms with Gasteiger partial charge in [0.05, 0.1) is 0 Å². The van der Waals surface area contributed by atoms with Crippen LogP contribution in [0.2, 0.25) is 0 Å². The van der Waals surface area contributed by atoms with Gasteiger partial charge in [0.2, 0.25) is 0 Å². The lowest BCUT2D eigenvalue weighted by Gasteiger charge is -2.27. The number of aryl methyl sites for hydroxylation is 1. The summed E-state index contributed by atoms with van der Waals surface area (Å²) in [6.07, 6.45) is 0.756. The van der Waals surface area contributed by atoms with Crippen molar-refractivity contribution in [2.75, 3.05) is 36.4 Å². The van der Waals surface area contributed by atoms with Crippen molar-refractivity contribution >= 4 is 17.5 Å². The SMILES string of the molecule is Cc1nc(-c2ccccc2)nc(N2CCCN(C(=O)Nc3ccc(F)c(F)c3)CC2)c1C(C)C. The van der Waals surface area contributed by atoms with Gasteiger partial charge in [0.15, 0.2) is 17.5 Å². The van der Waals surface area contributed by atoms with Crippen LogP contribution in [0.5, 0.6) is 0 Å². The molecular weight excluding hydrogens is 436 g/mol. The molecule has 1 N–H and O–H groups in total. The molecule has 34 heavy (non-hydrogen) atoms. The number of hydrogen-bond donors (Lipinski definition) is 1. The molecule has 2 amide bonds. The average molecular weight is 466 g/mol. The third-order valence-electron chi connectivity index (χ3n) is 5.98. The highest BCUT2D eigenvalue weighted by Gasteiger charge is 2.25. The third kappa shape index (κ3) is 5.16. The molecule has 0 saturated carbocycles. The Morgan fingerprint density at radius 1 is 0.971 bits per heavy atom. The van der Waals surface area contributed by atoms with E-state index in [1.807, 2.05) is 37.3 Å². The number of amides is 2. The molecular formula is C26H29F2N5O. The minimum absolute atomic E-state index is 0.228. The third-order valence-corrected chi connectivity index (χ3v) is 5.98. The van der Waals surface area contributed by atoms with Gasteiger partial charge < -0.3 is 15.1 Å². The number of aromatic nitrogens is 2. The molecule has 1 fully saturated rings. The summed E-state index contributed by atoms with van der Waals surface area (Å²) in [5, 5.41) is 2.67. The summed E-state index contributed by atoms with van der Waals surface area (Å²) in [7, 11) is 0. The van der Waals surface area contributed by atoms with Gasteiger partial charge in [-0.3, -0.25) is 0 Å². The zero-order chi connectivity index (χ0) is 24.2. The van der Waals surface area contributed by atoms with E-state index in [1.54, 1.807) is 4.90 Å². The molecule has 0 aliphatic carbocycles. The van der Waals surface area contributed by atoms with Crippen molar-refractivity contribution in [1.29, 1.82) is 0 Å². The maximum atomic E-state index is 13.5. The number of benzene rings is 2. The first-order chi connectivity index (χ1) is 16.3. The lowest BCUT2D eigenvalue weighted by atomic mass is 10.0. The van der Waals surface area contributed by atoms with E-state index >= 15 is 0 Å². The van der Waals surface area contributed by atoms with Crippen LogP contribution in [0.1, 0.15) is 37.4 Å². The number of urea groups is 1. The number of hydrogen-bond acceptors (Lipinski definition) is 4. The Labute approximate surface area is 198 Å². The minimum atomic E-state index is -0.991. The van der Waals surface area contributed by atoms with Crippen molar-refractivity contribution in [2.24, 2.45) is 0 Å². The Kier molecular flexibility index (Phi) is 7.05. The predicted molar refractivity (Wildman–Crippen MR) is 130 cm³/mol. The van der Waals surface area contributed by atoms with Gasteiger partial charge in [-0.05, 0) is 31.4 Å². The van der Waals surface area contributed by atoms with E-state index in [0.29, 0.717) is 25.5 Å². The van der Waals surface area contributed by atoms with Crippen LogP contribution in [0.25, 0.3) is 11.4 Å². The molecule has 3 aromatic rings. The summed E-state index contributed by atoms with van der Waals surface area (Å²) in [5.41, 5.74) is 3.26. The first kappa shape index (κ1) is 23.6. The molecule has 0 unspecified atom stereocenters. The number of carbonyl (C=O) groups is 1. The molecule has 4 rings (SSSR count). The Morgan fingerprint density at radius 2 is 1.74 bits per heavy atom. The summed E-state index contributed by atoms with van der Waals surface area (Å²) in [4.78, 5) is 26.4. The van der Waals surface area contributed by atoms with Crippen molar-refractivity contribution in [3.63, 3.8) is 0 Å². The Hall–Kier alpha value is -3.55. The zero-order valence-corrected chi connectivity index (χ0v) is 19.7. The quantitative estimate of drug-likeness (QED) is 0.545. The van der Waals surface area contributed by atoms with E-state index in [2.05, 4.69) is 24.1 Å². The van der Waals surface area contributed by atoms with Gasteiger partial charge in [0, 0.05) is 54.8 Å². The molecule has 178 valence electrons. The largest absolute Gasteiger partial charge is 0.354 e. The summed E-state index contributed by atoms with van der Waals surface area (Å²) < 4.78 is 26.7. The van der Waals surface area contributed by atoms with Crippen molar-refractivity contribution in [1.82, 2.24) is 14.9 Å². The molecule has 1 aromatic heterocycles. The van der Waals surface area contributed by atoms with Crippen LogP contribution in [0.3, 0.4) is 0 Å². The van der Waals surface area contributed by atoms with Crippen LogP contribution in [0.15, 0.2) is 48.5 Å². The Bertz CT molecular complexity index is 1170. The van der Waals surface area contributed by atoms with Gasteiger partial charge in [0.25, 0.3) is 0 Å². The maximum absolute atomic E-state index is 13.5. The van der Waals surface area contributed by atoms with Crippen LogP contribution in [0.4, 0.5) is 25.1 Å². The number of rotatable bonds is 4. The minimum Gasteiger partial charge on any atom is -0.354 e. The van der Waals surface area contributed by atoms with Crippen molar-refractivity contribution in [3.05, 3.63) is 71.4 Å². The zero-order valence-electron chi connectivity index (χ0n) is 19.7. The van der Waals surface area contributed by atoms with Crippen LogP contribution >= 0.6 is 0 Å². The highest BCUT2D eigenvalue weighted by molar-refractivity contribution is 5.89. The first-order valence-corrected chi connectivity index (χ1v) is 11.5. The van der Waals surface area contributed by atoms with E-state index in [-0.39, 0.29) is 17.6 Å². The smallest absolute Gasteiger partial charge is 0.321 e. The molecule has 0 radical (unpaired) electrons. The number of anilines is 2. The molecule has 2 aromatic carbocycles. The number of nitrogens with one attached hydrogen (secondary N) is 1. The fraction of sp³-hybridized carbons (Fsp3) is 0.346. The maximum Gasteiger partial charge on any atom is 0.321 e. The highest BCUT2D eigenvalue weighted by Crippen LogP contribution is 2.31. The monoisotopic (exact) mass is 465 g/mol. The second kappa shape index (κ2) is 10.2. The van der Waals surface area contributed by atoms with E-state index in [0.717, 1.165) is 47.7 Å². The van der Waals surface area contributed by atoms with Crippen molar-refractivity contribution in [3.8, 4) is 11.4 Å².